The van der Waals surface area contributed by atoms with E-state index in [1.807, 2.05) is 12.2 Å². The van der Waals surface area contributed by atoms with Crippen molar-refractivity contribution in [3.8, 4) is 0 Å². The maximum absolute atomic E-state index is 11.4. The van der Waals surface area contributed by atoms with Crippen molar-refractivity contribution in [2.45, 2.75) is 6.42 Å². The molecule has 16 heavy (non-hydrogen) atoms. The number of ether oxygens (including phenoxy) is 1. The first kappa shape index (κ1) is 10.3. The molecule has 0 atom stereocenters. The Labute approximate surface area is 93.6 Å². The van der Waals surface area contributed by atoms with Gasteiger partial charge in [-0.1, -0.05) is 17.5 Å². The van der Waals surface area contributed by atoms with Gasteiger partial charge in [0.1, 0.15) is 0 Å². The van der Waals surface area contributed by atoms with Gasteiger partial charge in [-0.25, -0.2) is 4.79 Å². The molecule has 0 spiro atoms. The van der Waals surface area contributed by atoms with Crippen molar-refractivity contribution in [3.63, 3.8) is 0 Å². The van der Waals surface area contributed by atoms with Gasteiger partial charge < -0.3 is 4.74 Å². The fourth-order valence-corrected chi connectivity index (χ4v) is 1.31. The summed E-state index contributed by atoms with van der Waals surface area (Å²) in [6, 6.07) is 3.56. The molecular weight excluding hydrogens is 202 g/mol. The summed E-state index contributed by atoms with van der Waals surface area (Å²) >= 11 is 0. The van der Waals surface area contributed by atoms with E-state index in [9.17, 15) is 4.79 Å². The van der Waals surface area contributed by atoms with Crippen LogP contribution in [0.1, 0.15) is 6.42 Å². The SMILES string of the molecule is O=C(OCCC1=C=C=CC=C1)n1cccc1. The lowest BCUT2D eigenvalue weighted by atomic mass is 10.1. The average Bonchev–Trinajstić information content (AvgIpc) is 2.84. The highest BCUT2D eigenvalue weighted by molar-refractivity contribution is 5.70. The van der Waals surface area contributed by atoms with Crippen LogP contribution in [0.3, 0.4) is 0 Å². The van der Waals surface area contributed by atoms with E-state index in [-0.39, 0.29) is 6.09 Å². The van der Waals surface area contributed by atoms with Crippen molar-refractivity contribution in [2.75, 3.05) is 6.61 Å². The van der Waals surface area contributed by atoms with Crippen LogP contribution in [0, 0.1) is 0 Å². The van der Waals surface area contributed by atoms with Crippen molar-refractivity contribution in [1.29, 1.82) is 0 Å². The van der Waals surface area contributed by atoms with Crippen molar-refractivity contribution in [2.24, 2.45) is 0 Å². The predicted octanol–water partition coefficient (Wildman–Crippen LogP) is 2.67. The minimum Gasteiger partial charge on any atom is -0.449 e. The number of hydrogen-bond donors (Lipinski definition) is 0. The Balaban J connectivity index is 1.81. The Kier molecular flexibility index (Phi) is 3.25. The minimum absolute atomic E-state index is 0.353. The number of rotatable bonds is 3. The number of allylic oxidation sites excluding steroid dienone is 3. The van der Waals surface area contributed by atoms with E-state index in [1.54, 1.807) is 30.6 Å². The molecule has 0 saturated carbocycles. The molecule has 0 unspecified atom stereocenters. The number of carbonyl (C=O) groups is 1. The van der Waals surface area contributed by atoms with Gasteiger partial charge in [0.05, 0.1) is 6.61 Å². The predicted molar refractivity (Wildman–Crippen MR) is 60.0 cm³/mol. The maximum atomic E-state index is 11.4. The second-order valence-electron chi connectivity index (χ2n) is 3.28. The lowest BCUT2D eigenvalue weighted by Crippen LogP contribution is -2.12. The van der Waals surface area contributed by atoms with Crippen molar-refractivity contribution >= 4 is 6.09 Å². The lowest BCUT2D eigenvalue weighted by molar-refractivity contribution is 0.149. The van der Waals surface area contributed by atoms with E-state index >= 15 is 0 Å². The van der Waals surface area contributed by atoms with E-state index in [4.69, 9.17) is 4.74 Å². The minimum atomic E-state index is -0.357. The molecule has 0 amide bonds. The summed E-state index contributed by atoms with van der Waals surface area (Å²) in [5, 5.41) is 0. The second-order valence-corrected chi connectivity index (χ2v) is 3.28. The van der Waals surface area contributed by atoms with E-state index in [0.717, 1.165) is 5.57 Å². The van der Waals surface area contributed by atoms with E-state index in [1.165, 1.54) is 4.57 Å². The molecule has 0 bridgehead atoms. The zero-order chi connectivity index (χ0) is 11.2. The first-order valence-electron chi connectivity index (χ1n) is 5.03. The highest BCUT2D eigenvalue weighted by atomic mass is 16.5. The molecule has 3 nitrogen and oxygen atoms in total. The van der Waals surface area contributed by atoms with Crippen LogP contribution in [0.25, 0.3) is 0 Å². The Hall–Kier alpha value is -2.21. The van der Waals surface area contributed by atoms with Crippen LogP contribution in [0.4, 0.5) is 4.79 Å². The zero-order valence-electron chi connectivity index (χ0n) is 8.72. The summed E-state index contributed by atoms with van der Waals surface area (Å²) in [4.78, 5) is 11.4. The molecule has 1 aliphatic carbocycles. The fraction of sp³-hybridized carbons (Fsp3) is 0.154. The van der Waals surface area contributed by atoms with Crippen LogP contribution in [0.2, 0.25) is 0 Å². The summed E-state index contributed by atoms with van der Waals surface area (Å²) in [7, 11) is 0. The van der Waals surface area contributed by atoms with Crippen LogP contribution in [0.15, 0.2) is 59.8 Å². The molecule has 3 heteroatoms. The third-order valence-corrected chi connectivity index (χ3v) is 2.12. The number of hydrogen-bond acceptors (Lipinski definition) is 2. The first-order chi connectivity index (χ1) is 7.86. The van der Waals surface area contributed by atoms with E-state index in [2.05, 4.69) is 11.5 Å². The Morgan fingerprint density at radius 1 is 1.38 bits per heavy atom. The third-order valence-electron chi connectivity index (χ3n) is 2.12. The summed E-state index contributed by atoms with van der Waals surface area (Å²) < 4.78 is 6.48. The molecule has 0 aromatic carbocycles. The molecule has 0 N–H and O–H groups in total. The molecule has 0 fully saturated rings. The molecule has 0 saturated heterocycles. The smallest absolute Gasteiger partial charge is 0.417 e. The number of carbonyl (C=O) groups excluding carboxylic acids is 1. The van der Waals surface area contributed by atoms with Crippen LogP contribution in [-0.4, -0.2) is 17.3 Å². The Morgan fingerprint density at radius 2 is 2.19 bits per heavy atom. The topological polar surface area (TPSA) is 31.2 Å². The molecule has 1 aliphatic rings. The molecular formula is C13H11NO2. The highest BCUT2D eigenvalue weighted by Gasteiger charge is 2.03. The summed E-state index contributed by atoms with van der Waals surface area (Å²) in [5.74, 6) is 0. The van der Waals surface area contributed by atoms with Gasteiger partial charge in [-0.3, -0.25) is 4.57 Å². The highest BCUT2D eigenvalue weighted by Crippen LogP contribution is 2.05. The molecule has 0 aliphatic heterocycles. The second kappa shape index (κ2) is 5.04. The van der Waals surface area contributed by atoms with Crippen LogP contribution in [0.5, 0.6) is 0 Å². The summed E-state index contributed by atoms with van der Waals surface area (Å²) in [6.45, 7) is 0.353. The summed E-state index contributed by atoms with van der Waals surface area (Å²) in [6.07, 6.45) is 9.22. The van der Waals surface area contributed by atoms with Gasteiger partial charge in [-0.05, 0) is 24.3 Å². The molecule has 1 aromatic heterocycles. The lowest BCUT2D eigenvalue weighted by Gasteiger charge is -2.04. The molecule has 1 aromatic rings. The van der Waals surface area contributed by atoms with Gasteiger partial charge in [-0.15, -0.1) is 0 Å². The van der Waals surface area contributed by atoms with Crippen LogP contribution < -0.4 is 0 Å². The molecule has 1 heterocycles. The van der Waals surface area contributed by atoms with E-state index in [0.29, 0.717) is 13.0 Å². The molecule has 0 radical (unpaired) electrons. The first-order valence-corrected chi connectivity index (χ1v) is 5.03. The van der Waals surface area contributed by atoms with Crippen LogP contribution >= 0.6 is 0 Å². The van der Waals surface area contributed by atoms with Gasteiger partial charge in [0.2, 0.25) is 0 Å². The van der Waals surface area contributed by atoms with Crippen LogP contribution in [-0.2, 0) is 4.74 Å². The normalized spacial score (nSPS) is 12.6. The third kappa shape index (κ3) is 2.64. The maximum Gasteiger partial charge on any atom is 0.417 e. The van der Waals surface area contributed by atoms with Gasteiger partial charge in [-0.2, -0.15) is 0 Å². The quantitative estimate of drug-likeness (QED) is 0.723. The van der Waals surface area contributed by atoms with Crippen molar-refractivity contribution in [1.82, 2.24) is 4.57 Å². The van der Waals surface area contributed by atoms with Gasteiger partial charge >= 0.3 is 6.09 Å². The average molecular weight is 213 g/mol. The largest absolute Gasteiger partial charge is 0.449 e. The fourth-order valence-electron chi connectivity index (χ4n) is 1.31. The monoisotopic (exact) mass is 213 g/mol. The van der Waals surface area contributed by atoms with E-state index < -0.39 is 0 Å². The number of aromatic nitrogens is 1. The molecule has 80 valence electrons. The Bertz CT molecular complexity index is 496. The summed E-state index contributed by atoms with van der Waals surface area (Å²) in [5.41, 5.74) is 6.80. The van der Waals surface area contributed by atoms with Gasteiger partial charge in [0.25, 0.3) is 0 Å². The standard InChI is InChI=1S/C13H11NO2/c15-13(14-9-4-5-10-14)16-11-8-12-6-2-1-3-7-12/h1-2,4-6,9-10H,8,11H2. The zero-order valence-corrected chi connectivity index (χ0v) is 8.72. The van der Waals surface area contributed by atoms with Crippen molar-refractivity contribution < 1.29 is 9.53 Å². The Morgan fingerprint density at radius 3 is 2.88 bits per heavy atom. The number of nitrogens with zero attached hydrogens (tertiary/aromatic N) is 1. The van der Waals surface area contributed by atoms with Gasteiger partial charge in [0.15, 0.2) is 0 Å². The molecule has 2 rings (SSSR count). The van der Waals surface area contributed by atoms with Gasteiger partial charge in [0, 0.05) is 24.4 Å². The van der Waals surface area contributed by atoms with Crippen molar-refractivity contribution in [3.05, 3.63) is 59.8 Å².